The zero-order chi connectivity index (χ0) is 11.7. The lowest BCUT2D eigenvalue weighted by atomic mass is 10.1. The predicted octanol–water partition coefficient (Wildman–Crippen LogP) is 4.28. The molecular weight excluding hydrogens is 291 g/mol. The fourth-order valence-electron chi connectivity index (χ4n) is 1.33. The van der Waals surface area contributed by atoms with E-state index in [9.17, 15) is 0 Å². The molecule has 0 atom stereocenters. The third kappa shape index (κ3) is 2.13. The van der Waals surface area contributed by atoms with Gasteiger partial charge >= 0.3 is 0 Å². The first kappa shape index (κ1) is 11.6. The van der Waals surface area contributed by atoms with Crippen molar-refractivity contribution < 1.29 is 4.42 Å². The molecule has 0 bridgehead atoms. The summed E-state index contributed by atoms with van der Waals surface area (Å²) < 4.78 is 6.00. The lowest BCUT2D eigenvalue weighted by molar-refractivity contribution is 0.576. The smallest absolute Gasteiger partial charge is 0.197 e. The zero-order valence-corrected chi connectivity index (χ0v) is 11.2. The van der Waals surface area contributed by atoms with Crippen LogP contribution in [0.25, 0.3) is 11.6 Å². The highest BCUT2D eigenvalue weighted by Gasteiger charge is 2.15. The molecule has 2 rings (SSSR count). The van der Waals surface area contributed by atoms with E-state index in [1.807, 2.05) is 6.07 Å². The topological polar surface area (TPSA) is 38.9 Å². The normalized spacial score (nSPS) is 11.1. The molecule has 2 aromatic heterocycles. The Morgan fingerprint density at radius 3 is 2.69 bits per heavy atom. The predicted molar refractivity (Wildman–Crippen MR) is 66.5 cm³/mol. The van der Waals surface area contributed by atoms with Crippen LogP contribution < -0.4 is 0 Å². The molecule has 0 saturated carbocycles. The fraction of sp³-hybridized carbons (Fsp3) is 0.273. The lowest BCUT2D eigenvalue weighted by Crippen LogP contribution is -1.99. The Hall–Kier alpha value is -0.870. The van der Waals surface area contributed by atoms with E-state index in [0.29, 0.717) is 16.7 Å². The van der Waals surface area contributed by atoms with Crippen molar-refractivity contribution in [3.8, 4) is 11.6 Å². The lowest BCUT2D eigenvalue weighted by Gasteiger charge is -2.09. The summed E-state index contributed by atoms with van der Waals surface area (Å²) in [7, 11) is 0. The van der Waals surface area contributed by atoms with Gasteiger partial charge in [-0.1, -0.05) is 25.4 Å². The molecule has 0 saturated heterocycles. The SMILES string of the molecule is CC(C)c1nc(-c2ccco2)nc(Cl)c1Br. The number of nitrogens with zero attached hydrogens (tertiary/aromatic N) is 2. The number of halogens is 2. The van der Waals surface area contributed by atoms with Gasteiger partial charge in [0.1, 0.15) is 5.15 Å². The van der Waals surface area contributed by atoms with Crippen LogP contribution in [-0.4, -0.2) is 9.97 Å². The molecule has 0 unspecified atom stereocenters. The molecule has 0 aliphatic heterocycles. The summed E-state index contributed by atoms with van der Waals surface area (Å²) in [6, 6.07) is 3.60. The summed E-state index contributed by atoms with van der Waals surface area (Å²) in [5, 5.41) is 0.408. The molecule has 0 N–H and O–H groups in total. The van der Waals surface area contributed by atoms with Crippen molar-refractivity contribution in [1.82, 2.24) is 9.97 Å². The van der Waals surface area contributed by atoms with Crippen molar-refractivity contribution in [3.63, 3.8) is 0 Å². The highest BCUT2D eigenvalue weighted by atomic mass is 79.9. The highest BCUT2D eigenvalue weighted by Crippen LogP contribution is 2.30. The van der Waals surface area contributed by atoms with Crippen LogP contribution in [0.1, 0.15) is 25.5 Å². The molecule has 0 aromatic carbocycles. The molecule has 0 fully saturated rings. The van der Waals surface area contributed by atoms with Crippen LogP contribution in [0.5, 0.6) is 0 Å². The summed E-state index contributed by atoms with van der Waals surface area (Å²) in [4.78, 5) is 8.61. The van der Waals surface area contributed by atoms with E-state index in [2.05, 4.69) is 39.7 Å². The van der Waals surface area contributed by atoms with Crippen molar-refractivity contribution in [2.24, 2.45) is 0 Å². The molecule has 0 aliphatic rings. The largest absolute Gasteiger partial charge is 0.461 e. The van der Waals surface area contributed by atoms with Crippen LogP contribution >= 0.6 is 27.5 Å². The molecule has 0 spiro atoms. The maximum Gasteiger partial charge on any atom is 0.197 e. The summed E-state index contributed by atoms with van der Waals surface area (Å²) in [5.41, 5.74) is 0.881. The third-order valence-corrected chi connectivity index (χ3v) is 3.41. The van der Waals surface area contributed by atoms with Gasteiger partial charge in [-0.25, -0.2) is 9.97 Å². The minimum absolute atomic E-state index is 0.267. The van der Waals surface area contributed by atoms with Gasteiger partial charge in [0.05, 0.1) is 16.4 Å². The molecule has 0 radical (unpaired) electrons. The average Bonchev–Trinajstić information content (AvgIpc) is 2.74. The molecule has 5 heteroatoms. The summed E-state index contributed by atoms with van der Waals surface area (Å²) >= 11 is 9.43. The molecule has 2 heterocycles. The zero-order valence-electron chi connectivity index (χ0n) is 8.87. The van der Waals surface area contributed by atoms with Gasteiger partial charge in [-0.2, -0.15) is 0 Å². The number of furan rings is 1. The van der Waals surface area contributed by atoms with Gasteiger partial charge in [-0.15, -0.1) is 0 Å². The monoisotopic (exact) mass is 300 g/mol. The Morgan fingerprint density at radius 2 is 2.12 bits per heavy atom. The first-order chi connectivity index (χ1) is 7.59. The Labute approximate surface area is 107 Å². The van der Waals surface area contributed by atoms with Gasteiger partial charge in [0.15, 0.2) is 11.6 Å². The van der Waals surface area contributed by atoms with Gasteiger partial charge in [0.25, 0.3) is 0 Å². The number of hydrogen-bond acceptors (Lipinski definition) is 3. The van der Waals surface area contributed by atoms with Crippen LogP contribution in [0.2, 0.25) is 5.15 Å². The second-order valence-corrected chi connectivity index (χ2v) is 4.82. The molecule has 0 amide bonds. The molecule has 3 nitrogen and oxygen atoms in total. The van der Waals surface area contributed by atoms with Crippen LogP contribution in [-0.2, 0) is 0 Å². The van der Waals surface area contributed by atoms with Gasteiger partial charge in [-0.3, -0.25) is 0 Å². The molecule has 16 heavy (non-hydrogen) atoms. The Bertz CT molecular complexity index is 497. The van der Waals surface area contributed by atoms with Crippen LogP contribution in [0, 0.1) is 0 Å². The van der Waals surface area contributed by atoms with Gasteiger partial charge < -0.3 is 4.42 Å². The number of aromatic nitrogens is 2. The number of hydrogen-bond donors (Lipinski definition) is 0. The Balaban J connectivity index is 2.57. The van der Waals surface area contributed by atoms with Gasteiger partial charge in [-0.05, 0) is 34.0 Å². The fourth-order valence-corrected chi connectivity index (χ4v) is 2.15. The third-order valence-electron chi connectivity index (χ3n) is 2.12. The Kier molecular flexibility index (Phi) is 3.30. The van der Waals surface area contributed by atoms with E-state index in [-0.39, 0.29) is 5.92 Å². The van der Waals surface area contributed by atoms with E-state index in [0.717, 1.165) is 10.2 Å². The van der Waals surface area contributed by atoms with E-state index < -0.39 is 0 Å². The van der Waals surface area contributed by atoms with E-state index in [1.165, 1.54) is 0 Å². The molecule has 84 valence electrons. The number of rotatable bonds is 2. The van der Waals surface area contributed by atoms with Crippen molar-refractivity contribution in [2.75, 3.05) is 0 Å². The van der Waals surface area contributed by atoms with Crippen LogP contribution in [0.3, 0.4) is 0 Å². The standard InChI is InChI=1S/C11H10BrClN2O/c1-6(2)9-8(12)10(13)15-11(14-9)7-4-3-5-16-7/h3-6H,1-2H3. The van der Waals surface area contributed by atoms with Crippen molar-refractivity contribution in [1.29, 1.82) is 0 Å². The maximum atomic E-state index is 6.04. The maximum absolute atomic E-state index is 6.04. The molecule has 0 aliphatic carbocycles. The van der Waals surface area contributed by atoms with Crippen molar-refractivity contribution in [2.45, 2.75) is 19.8 Å². The van der Waals surface area contributed by atoms with E-state index in [4.69, 9.17) is 16.0 Å². The van der Waals surface area contributed by atoms with Gasteiger partial charge in [0.2, 0.25) is 0 Å². The first-order valence-corrected chi connectivity index (χ1v) is 6.03. The first-order valence-electron chi connectivity index (χ1n) is 4.86. The second kappa shape index (κ2) is 4.55. The summed E-state index contributed by atoms with van der Waals surface area (Å²) in [5.74, 6) is 1.40. The summed E-state index contributed by atoms with van der Waals surface area (Å²) in [6.07, 6.45) is 1.59. The van der Waals surface area contributed by atoms with Crippen molar-refractivity contribution in [3.05, 3.63) is 33.7 Å². The minimum Gasteiger partial charge on any atom is -0.461 e. The Morgan fingerprint density at radius 1 is 1.38 bits per heavy atom. The highest BCUT2D eigenvalue weighted by molar-refractivity contribution is 9.10. The van der Waals surface area contributed by atoms with Crippen LogP contribution in [0.15, 0.2) is 27.3 Å². The van der Waals surface area contributed by atoms with Crippen molar-refractivity contribution >= 4 is 27.5 Å². The van der Waals surface area contributed by atoms with Gasteiger partial charge in [0, 0.05) is 0 Å². The molecular formula is C11H10BrClN2O. The average molecular weight is 302 g/mol. The summed E-state index contributed by atoms with van der Waals surface area (Å²) in [6.45, 7) is 4.10. The van der Waals surface area contributed by atoms with E-state index in [1.54, 1.807) is 12.3 Å². The molecule has 2 aromatic rings. The second-order valence-electron chi connectivity index (χ2n) is 3.67. The quantitative estimate of drug-likeness (QED) is 0.777. The minimum atomic E-state index is 0.267. The van der Waals surface area contributed by atoms with Crippen LogP contribution in [0.4, 0.5) is 0 Å². The van der Waals surface area contributed by atoms with E-state index >= 15 is 0 Å².